The number of carbonyl (C=O) groups is 1. The Labute approximate surface area is 215 Å². The van der Waals surface area contributed by atoms with Crippen LogP contribution in [0.15, 0.2) is 83.9 Å². The highest BCUT2D eigenvalue weighted by Gasteiger charge is 2.49. The van der Waals surface area contributed by atoms with Gasteiger partial charge in [0, 0.05) is 16.5 Å². The minimum absolute atomic E-state index is 0.0383. The Morgan fingerprint density at radius 3 is 2.47 bits per heavy atom. The highest BCUT2D eigenvalue weighted by Crippen LogP contribution is 2.41. The second-order valence-corrected chi connectivity index (χ2v) is 12.1. The summed E-state index contributed by atoms with van der Waals surface area (Å²) in [5, 5.41) is 0.361. The number of benzene rings is 3. The molecular weight excluding hydrogens is 496 g/mol. The van der Waals surface area contributed by atoms with Crippen LogP contribution in [0, 0.1) is 0 Å². The van der Waals surface area contributed by atoms with Crippen molar-refractivity contribution in [2.45, 2.75) is 24.3 Å². The molecule has 186 valence electrons. The van der Waals surface area contributed by atoms with Crippen molar-refractivity contribution in [1.82, 2.24) is 0 Å². The number of rotatable bonds is 7. The van der Waals surface area contributed by atoms with Crippen molar-refractivity contribution in [3.8, 4) is 11.5 Å². The second kappa shape index (κ2) is 10.4. The van der Waals surface area contributed by atoms with Gasteiger partial charge in [0.1, 0.15) is 18.1 Å². The number of amides is 1. The van der Waals surface area contributed by atoms with Crippen molar-refractivity contribution < 1.29 is 22.7 Å². The summed E-state index contributed by atoms with van der Waals surface area (Å²) in [7, 11) is -1.58. The Balaban J connectivity index is 1.37. The zero-order valence-corrected chi connectivity index (χ0v) is 21.4. The van der Waals surface area contributed by atoms with Gasteiger partial charge in [-0.05, 0) is 35.9 Å². The quantitative estimate of drug-likeness (QED) is 0.462. The van der Waals surface area contributed by atoms with Crippen molar-refractivity contribution >= 4 is 38.4 Å². The van der Waals surface area contributed by atoms with Gasteiger partial charge in [0.05, 0.1) is 31.1 Å². The molecule has 2 saturated heterocycles. The van der Waals surface area contributed by atoms with Crippen LogP contribution in [-0.2, 0) is 27.7 Å². The van der Waals surface area contributed by atoms with E-state index < -0.39 is 9.84 Å². The minimum Gasteiger partial charge on any atom is -0.496 e. The van der Waals surface area contributed by atoms with Gasteiger partial charge in [-0.1, -0.05) is 60.3 Å². The van der Waals surface area contributed by atoms with Crippen molar-refractivity contribution in [2.24, 2.45) is 4.99 Å². The SMILES string of the molecule is COc1ccccc1CC(=O)N=C1S[C@H]2CS(=O)(=O)C[C@H]2N1c1ccc(OCc2ccccc2)cc1. The summed E-state index contributed by atoms with van der Waals surface area (Å²) in [6, 6.07) is 24.5. The van der Waals surface area contributed by atoms with Gasteiger partial charge in [-0.3, -0.25) is 4.79 Å². The molecule has 9 heteroatoms. The second-order valence-electron chi connectivity index (χ2n) is 8.72. The number of amidine groups is 1. The molecule has 0 unspecified atom stereocenters. The third kappa shape index (κ3) is 5.42. The molecule has 5 rings (SSSR count). The third-order valence-corrected chi connectivity index (χ3v) is 9.39. The molecule has 0 spiro atoms. The van der Waals surface area contributed by atoms with Crippen LogP contribution in [0.4, 0.5) is 5.69 Å². The fourth-order valence-electron chi connectivity index (χ4n) is 4.47. The van der Waals surface area contributed by atoms with Gasteiger partial charge >= 0.3 is 0 Å². The maximum absolute atomic E-state index is 12.9. The monoisotopic (exact) mass is 522 g/mol. The molecule has 36 heavy (non-hydrogen) atoms. The van der Waals surface area contributed by atoms with Crippen LogP contribution < -0.4 is 14.4 Å². The van der Waals surface area contributed by atoms with Gasteiger partial charge < -0.3 is 14.4 Å². The molecule has 2 heterocycles. The molecule has 2 atom stereocenters. The van der Waals surface area contributed by atoms with Gasteiger partial charge in [-0.15, -0.1) is 0 Å². The highest BCUT2D eigenvalue weighted by atomic mass is 32.2. The van der Waals surface area contributed by atoms with Gasteiger partial charge in [0.25, 0.3) is 5.91 Å². The Bertz CT molecular complexity index is 1370. The number of methoxy groups -OCH3 is 1. The zero-order chi connectivity index (χ0) is 25.1. The zero-order valence-electron chi connectivity index (χ0n) is 19.7. The molecular formula is C27H26N2O5S2. The summed E-state index contributed by atoms with van der Waals surface area (Å²) in [4.78, 5) is 19.2. The van der Waals surface area contributed by atoms with Crippen LogP contribution in [0.2, 0.25) is 0 Å². The van der Waals surface area contributed by atoms with E-state index in [9.17, 15) is 13.2 Å². The van der Waals surface area contributed by atoms with E-state index in [1.54, 1.807) is 7.11 Å². The lowest BCUT2D eigenvalue weighted by Crippen LogP contribution is -2.37. The number of ether oxygens (including phenoxy) is 2. The molecule has 0 bridgehead atoms. The standard InChI is InChI=1S/C27H26N2O5S2/c1-33-24-10-6-5-9-20(24)15-26(30)28-27-29(23-17-36(31,32)18-25(23)35-27)21-11-13-22(14-12-21)34-16-19-7-3-2-4-8-19/h2-14,23,25H,15-18H2,1H3/t23-,25+/m1/s1. The van der Waals surface area contributed by atoms with E-state index in [2.05, 4.69) is 4.99 Å². The van der Waals surface area contributed by atoms with Gasteiger partial charge in [0.2, 0.25) is 0 Å². The summed E-state index contributed by atoms with van der Waals surface area (Å²) in [6.45, 7) is 0.451. The van der Waals surface area contributed by atoms with Crippen LogP contribution in [0.25, 0.3) is 0 Å². The molecule has 3 aromatic carbocycles. The number of aliphatic imine (C=N–C) groups is 1. The minimum atomic E-state index is -3.15. The molecule has 0 radical (unpaired) electrons. The van der Waals surface area contributed by atoms with Crippen molar-refractivity contribution in [2.75, 3.05) is 23.5 Å². The molecule has 0 aromatic heterocycles. The van der Waals surface area contributed by atoms with E-state index in [1.165, 1.54) is 11.8 Å². The molecule has 1 amide bonds. The van der Waals surface area contributed by atoms with E-state index in [4.69, 9.17) is 9.47 Å². The summed E-state index contributed by atoms with van der Waals surface area (Å²) in [5.74, 6) is 1.15. The van der Waals surface area contributed by atoms with Gasteiger partial charge in [-0.25, -0.2) is 8.42 Å². The van der Waals surface area contributed by atoms with Crippen LogP contribution in [0.1, 0.15) is 11.1 Å². The van der Waals surface area contributed by atoms with Crippen molar-refractivity contribution in [3.05, 3.63) is 90.0 Å². The van der Waals surface area contributed by atoms with Crippen LogP contribution >= 0.6 is 11.8 Å². The van der Waals surface area contributed by atoms with E-state index in [0.29, 0.717) is 23.3 Å². The van der Waals surface area contributed by atoms with Gasteiger partial charge in [0.15, 0.2) is 15.0 Å². The fraction of sp³-hybridized carbons (Fsp3) is 0.259. The predicted molar refractivity (Wildman–Crippen MR) is 143 cm³/mol. The lowest BCUT2D eigenvalue weighted by atomic mass is 10.1. The number of anilines is 1. The topological polar surface area (TPSA) is 85.3 Å². The van der Waals surface area contributed by atoms with E-state index in [1.807, 2.05) is 83.8 Å². The number of sulfone groups is 1. The number of thioether (sulfide) groups is 1. The maximum atomic E-state index is 12.9. The molecule has 3 aromatic rings. The number of hydrogen-bond acceptors (Lipinski definition) is 6. The van der Waals surface area contributed by atoms with Gasteiger partial charge in [-0.2, -0.15) is 4.99 Å². The molecule has 0 aliphatic carbocycles. The average Bonchev–Trinajstić information content (AvgIpc) is 3.34. The number of para-hydroxylation sites is 1. The molecule has 2 aliphatic rings. The number of hydrogen-bond donors (Lipinski definition) is 0. The Hall–Kier alpha value is -3.30. The number of fused-ring (bicyclic) bond motifs is 1. The Morgan fingerprint density at radius 2 is 1.72 bits per heavy atom. The summed E-state index contributed by atoms with van der Waals surface area (Å²) in [5.41, 5.74) is 2.61. The first-order valence-electron chi connectivity index (χ1n) is 11.6. The van der Waals surface area contributed by atoms with Crippen molar-refractivity contribution in [3.63, 3.8) is 0 Å². The lowest BCUT2D eigenvalue weighted by molar-refractivity contribution is -0.117. The molecule has 2 fully saturated rings. The fourth-order valence-corrected chi connectivity index (χ4v) is 8.40. The van der Waals surface area contributed by atoms with Crippen molar-refractivity contribution in [1.29, 1.82) is 0 Å². The number of carbonyl (C=O) groups excluding carboxylic acids is 1. The van der Waals surface area contributed by atoms with Crippen LogP contribution in [0.3, 0.4) is 0 Å². The lowest BCUT2D eigenvalue weighted by Gasteiger charge is -2.24. The van der Waals surface area contributed by atoms with E-state index in [0.717, 1.165) is 16.8 Å². The highest BCUT2D eigenvalue weighted by molar-refractivity contribution is 8.16. The normalized spacial score (nSPS) is 21.4. The van der Waals surface area contributed by atoms with Crippen LogP contribution in [-0.4, -0.2) is 49.4 Å². The molecule has 0 saturated carbocycles. The first-order valence-corrected chi connectivity index (χ1v) is 14.3. The Kier molecular flexibility index (Phi) is 7.02. The van der Waals surface area contributed by atoms with Crippen LogP contribution in [0.5, 0.6) is 11.5 Å². The molecule has 2 aliphatic heterocycles. The van der Waals surface area contributed by atoms with E-state index in [-0.39, 0.29) is 35.1 Å². The summed E-state index contributed by atoms with van der Waals surface area (Å²) < 4.78 is 36.0. The largest absolute Gasteiger partial charge is 0.496 e. The van der Waals surface area contributed by atoms with E-state index >= 15 is 0 Å². The smallest absolute Gasteiger partial charge is 0.252 e. The Morgan fingerprint density at radius 1 is 1.00 bits per heavy atom. The molecule has 7 nitrogen and oxygen atoms in total. The predicted octanol–water partition coefficient (Wildman–Crippen LogP) is 4.12. The first-order chi connectivity index (χ1) is 17.4. The summed E-state index contributed by atoms with van der Waals surface area (Å²) in [6.07, 6.45) is 0.0990. The summed E-state index contributed by atoms with van der Waals surface area (Å²) >= 11 is 1.36. The first kappa shape index (κ1) is 24.4. The average molecular weight is 523 g/mol. The third-order valence-electron chi connectivity index (χ3n) is 6.18. The molecule has 0 N–H and O–H groups in total. The number of nitrogens with zero attached hydrogens (tertiary/aromatic N) is 2. The maximum Gasteiger partial charge on any atom is 0.252 e.